The van der Waals surface area contributed by atoms with Crippen LogP contribution >= 0.6 is 46.4 Å². The number of hydrogen-bond donors (Lipinski definition) is 2. The number of thiocarbonyl (C=S) groups is 1. The molecule has 5 nitrogen and oxygen atoms in total. The lowest BCUT2D eigenvalue weighted by Crippen LogP contribution is -2.31. The van der Waals surface area contributed by atoms with Gasteiger partial charge < -0.3 is 14.8 Å². The molecule has 0 fully saturated rings. The van der Waals surface area contributed by atoms with E-state index in [0.717, 1.165) is 21.2 Å². The second kappa shape index (κ2) is 11.3. The predicted molar refractivity (Wildman–Crippen MR) is 123 cm³/mol. The second-order valence-corrected chi connectivity index (χ2v) is 7.41. The van der Waals surface area contributed by atoms with Gasteiger partial charge in [0.2, 0.25) is 0 Å². The number of rotatable bonds is 8. The van der Waals surface area contributed by atoms with Gasteiger partial charge in [0.25, 0.3) is 0 Å². The maximum Gasteiger partial charge on any atom is 0.186 e. The highest BCUT2D eigenvalue weighted by atomic mass is 127. The molecule has 2 aromatic carbocycles. The van der Waals surface area contributed by atoms with Crippen LogP contribution in [0.1, 0.15) is 25.0 Å². The van der Waals surface area contributed by atoms with Gasteiger partial charge in [-0.1, -0.05) is 23.7 Å². The molecule has 144 valence electrons. The van der Waals surface area contributed by atoms with Crippen LogP contribution in [0.25, 0.3) is 0 Å². The molecular formula is C19H21ClIN3O2S. The Morgan fingerprint density at radius 1 is 1.22 bits per heavy atom. The van der Waals surface area contributed by atoms with Crippen molar-refractivity contribution in [2.75, 3.05) is 13.2 Å². The van der Waals surface area contributed by atoms with E-state index in [9.17, 15) is 0 Å². The Kier molecular flexibility index (Phi) is 9.09. The fourth-order valence-corrected chi connectivity index (χ4v) is 3.27. The van der Waals surface area contributed by atoms with Crippen molar-refractivity contribution >= 4 is 57.7 Å². The summed E-state index contributed by atoms with van der Waals surface area (Å²) in [6.45, 7) is 5.62. The summed E-state index contributed by atoms with van der Waals surface area (Å²) >= 11 is 13.2. The lowest BCUT2D eigenvalue weighted by molar-refractivity contribution is 0.267. The molecule has 0 saturated carbocycles. The first-order chi connectivity index (χ1) is 13.0. The summed E-state index contributed by atoms with van der Waals surface area (Å²) < 4.78 is 12.7. The quantitative estimate of drug-likeness (QED) is 0.229. The number of ether oxygens (including phenoxy) is 2. The van der Waals surface area contributed by atoms with Crippen LogP contribution in [0.4, 0.5) is 0 Å². The van der Waals surface area contributed by atoms with Gasteiger partial charge >= 0.3 is 0 Å². The Morgan fingerprint density at radius 2 is 1.96 bits per heavy atom. The van der Waals surface area contributed by atoms with Crippen LogP contribution in [0.3, 0.4) is 0 Å². The summed E-state index contributed by atoms with van der Waals surface area (Å²) in [6.07, 6.45) is 1.69. The van der Waals surface area contributed by atoms with Gasteiger partial charge in [-0.25, -0.2) is 0 Å². The van der Waals surface area contributed by atoms with E-state index in [1.807, 2.05) is 50.2 Å². The molecule has 27 heavy (non-hydrogen) atoms. The van der Waals surface area contributed by atoms with Gasteiger partial charge in [0.15, 0.2) is 16.6 Å². The van der Waals surface area contributed by atoms with Crippen molar-refractivity contribution in [3.8, 4) is 11.5 Å². The van der Waals surface area contributed by atoms with Crippen molar-refractivity contribution in [1.29, 1.82) is 0 Å². The molecule has 0 amide bonds. The van der Waals surface area contributed by atoms with E-state index >= 15 is 0 Å². The number of hydrogen-bond acceptors (Lipinski definition) is 4. The highest BCUT2D eigenvalue weighted by Gasteiger charge is 2.12. The van der Waals surface area contributed by atoms with Crippen LogP contribution in [0.15, 0.2) is 41.5 Å². The number of nitrogens with one attached hydrogen (secondary N) is 2. The molecule has 2 rings (SSSR count). The number of hydrazone groups is 1. The summed E-state index contributed by atoms with van der Waals surface area (Å²) in [5.41, 5.74) is 4.69. The van der Waals surface area contributed by atoms with Crippen LogP contribution in [0.2, 0.25) is 5.02 Å². The SMILES string of the molecule is CCNC(=S)N/N=C\c1cc(I)c(OCc2ccc(Cl)cc2)c(OCC)c1. The Balaban J connectivity index is 2.13. The van der Waals surface area contributed by atoms with Gasteiger partial charge in [-0.15, -0.1) is 0 Å². The highest BCUT2D eigenvalue weighted by molar-refractivity contribution is 14.1. The van der Waals surface area contributed by atoms with E-state index in [2.05, 4.69) is 38.4 Å². The third-order valence-electron chi connectivity index (χ3n) is 3.35. The van der Waals surface area contributed by atoms with Gasteiger partial charge in [0, 0.05) is 11.6 Å². The standard InChI is InChI=1S/C19H21ClIN3O2S/c1-3-22-19(27)24-23-11-14-9-16(21)18(17(10-14)25-4-2)26-12-13-5-7-15(20)8-6-13/h5-11H,3-4,12H2,1-2H3,(H2,22,24,27)/b23-11-. The zero-order valence-electron chi connectivity index (χ0n) is 15.1. The molecule has 8 heteroatoms. The Bertz CT molecular complexity index is 800. The first-order valence-corrected chi connectivity index (χ1v) is 10.3. The zero-order chi connectivity index (χ0) is 19.6. The number of nitrogens with zero attached hydrogens (tertiary/aromatic N) is 1. The van der Waals surface area contributed by atoms with E-state index in [4.69, 9.17) is 33.3 Å². The predicted octanol–water partition coefficient (Wildman–Crippen LogP) is 4.74. The van der Waals surface area contributed by atoms with Gasteiger partial charge in [-0.3, -0.25) is 5.43 Å². The summed E-state index contributed by atoms with van der Waals surface area (Å²) in [5.74, 6) is 1.38. The van der Waals surface area contributed by atoms with Gasteiger partial charge in [0.05, 0.1) is 16.4 Å². The first kappa shape index (κ1) is 21.7. The molecule has 0 unspecified atom stereocenters. The van der Waals surface area contributed by atoms with Gasteiger partial charge in [0.1, 0.15) is 6.61 Å². The fraction of sp³-hybridized carbons (Fsp3) is 0.263. The van der Waals surface area contributed by atoms with E-state index in [1.54, 1.807) is 6.21 Å². The third kappa shape index (κ3) is 7.15. The van der Waals surface area contributed by atoms with Crippen molar-refractivity contribution in [2.45, 2.75) is 20.5 Å². The minimum absolute atomic E-state index is 0.430. The monoisotopic (exact) mass is 517 g/mol. The Hall–Kier alpha value is -1.58. The molecular weight excluding hydrogens is 497 g/mol. The summed E-state index contributed by atoms with van der Waals surface area (Å²) in [4.78, 5) is 0. The summed E-state index contributed by atoms with van der Waals surface area (Å²) in [6, 6.07) is 11.4. The second-order valence-electron chi connectivity index (χ2n) is 5.41. The molecule has 2 N–H and O–H groups in total. The summed E-state index contributed by atoms with van der Waals surface area (Å²) in [5, 5.41) is 8.30. The maximum atomic E-state index is 6.01. The number of benzene rings is 2. The van der Waals surface area contributed by atoms with Crippen molar-refractivity contribution in [1.82, 2.24) is 10.7 Å². The van der Waals surface area contributed by atoms with Crippen LogP contribution in [-0.2, 0) is 6.61 Å². The Labute approximate surface area is 183 Å². The molecule has 0 aliphatic rings. The molecule has 0 heterocycles. The van der Waals surface area contributed by atoms with Gasteiger partial charge in [-0.05, 0) is 84.0 Å². The molecule has 0 atom stereocenters. The smallest absolute Gasteiger partial charge is 0.186 e. The minimum atomic E-state index is 0.430. The van der Waals surface area contributed by atoms with E-state index < -0.39 is 0 Å². The van der Waals surface area contributed by atoms with Crippen molar-refractivity contribution in [3.05, 3.63) is 56.1 Å². The molecule has 0 saturated heterocycles. The molecule has 0 spiro atoms. The van der Waals surface area contributed by atoms with E-state index in [1.165, 1.54) is 0 Å². The van der Waals surface area contributed by atoms with Gasteiger partial charge in [-0.2, -0.15) is 5.10 Å². The van der Waals surface area contributed by atoms with Crippen LogP contribution < -0.4 is 20.2 Å². The normalized spacial score (nSPS) is 10.7. The Morgan fingerprint density at radius 3 is 2.63 bits per heavy atom. The molecule has 0 aliphatic heterocycles. The zero-order valence-corrected chi connectivity index (χ0v) is 18.8. The van der Waals surface area contributed by atoms with Crippen molar-refractivity contribution in [3.63, 3.8) is 0 Å². The topological polar surface area (TPSA) is 54.9 Å². The fourth-order valence-electron chi connectivity index (χ4n) is 2.17. The maximum absolute atomic E-state index is 6.01. The molecule has 0 bridgehead atoms. The molecule has 0 radical (unpaired) electrons. The lowest BCUT2D eigenvalue weighted by Gasteiger charge is -2.15. The summed E-state index contributed by atoms with van der Waals surface area (Å²) in [7, 11) is 0. The van der Waals surface area contributed by atoms with Crippen LogP contribution in [-0.4, -0.2) is 24.5 Å². The minimum Gasteiger partial charge on any atom is -0.490 e. The average molecular weight is 518 g/mol. The number of halogens is 2. The largest absolute Gasteiger partial charge is 0.490 e. The van der Waals surface area contributed by atoms with E-state index in [0.29, 0.717) is 34.8 Å². The average Bonchev–Trinajstić information content (AvgIpc) is 2.63. The highest BCUT2D eigenvalue weighted by Crippen LogP contribution is 2.34. The molecule has 0 aromatic heterocycles. The van der Waals surface area contributed by atoms with Crippen LogP contribution in [0, 0.1) is 3.57 Å². The van der Waals surface area contributed by atoms with E-state index in [-0.39, 0.29) is 0 Å². The molecule has 2 aromatic rings. The van der Waals surface area contributed by atoms with Crippen LogP contribution in [0.5, 0.6) is 11.5 Å². The third-order valence-corrected chi connectivity index (χ3v) is 4.63. The molecule has 0 aliphatic carbocycles. The first-order valence-electron chi connectivity index (χ1n) is 8.44. The van der Waals surface area contributed by atoms with Crippen molar-refractivity contribution < 1.29 is 9.47 Å². The van der Waals surface area contributed by atoms with Crippen molar-refractivity contribution in [2.24, 2.45) is 5.10 Å². The lowest BCUT2D eigenvalue weighted by atomic mass is 10.2.